The van der Waals surface area contributed by atoms with Crippen molar-refractivity contribution in [3.05, 3.63) is 42.2 Å². The van der Waals surface area contributed by atoms with E-state index in [-0.39, 0.29) is 12.5 Å². The van der Waals surface area contributed by atoms with Crippen molar-refractivity contribution in [2.45, 2.75) is 13.5 Å². The predicted octanol–water partition coefficient (Wildman–Crippen LogP) is 0.815. The maximum Gasteiger partial charge on any atom is 0.238 e. The molecule has 6 heteroatoms. The van der Waals surface area contributed by atoms with Crippen LogP contribution < -0.4 is 10.6 Å². The molecule has 1 amide bonds. The van der Waals surface area contributed by atoms with Crippen molar-refractivity contribution in [2.24, 2.45) is 0 Å². The van der Waals surface area contributed by atoms with Gasteiger partial charge in [-0.1, -0.05) is 17.3 Å². The Bertz CT molecular complexity index is 524. The van der Waals surface area contributed by atoms with Crippen molar-refractivity contribution >= 4 is 11.6 Å². The smallest absolute Gasteiger partial charge is 0.238 e. The molecule has 100 valence electrons. The van der Waals surface area contributed by atoms with Crippen LogP contribution in [0.1, 0.15) is 5.56 Å². The first-order chi connectivity index (χ1) is 9.24. The van der Waals surface area contributed by atoms with Crippen LogP contribution in [0, 0.1) is 6.92 Å². The molecule has 2 N–H and O–H groups in total. The van der Waals surface area contributed by atoms with Gasteiger partial charge in [0.05, 0.1) is 19.3 Å². The third-order valence-corrected chi connectivity index (χ3v) is 2.58. The molecule has 2 rings (SSSR count). The van der Waals surface area contributed by atoms with E-state index >= 15 is 0 Å². The molecule has 2 aromatic rings. The van der Waals surface area contributed by atoms with Crippen LogP contribution >= 0.6 is 0 Å². The molecule has 0 saturated heterocycles. The minimum absolute atomic E-state index is 0.0517. The standard InChI is InChI=1S/C13H17N5O/c1-11-3-2-4-12(9-11)16-13(19)10-14-5-7-18-8-6-15-17-18/h2-4,6,8-9,14H,5,7,10H2,1H3,(H,16,19). The van der Waals surface area contributed by atoms with Crippen LogP contribution in [-0.2, 0) is 11.3 Å². The van der Waals surface area contributed by atoms with Gasteiger partial charge in [0.15, 0.2) is 0 Å². The van der Waals surface area contributed by atoms with Crippen molar-refractivity contribution in [3.8, 4) is 0 Å². The minimum Gasteiger partial charge on any atom is -0.325 e. The zero-order chi connectivity index (χ0) is 13.5. The van der Waals surface area contributed by atoms with Crippen LogP contribution in [0.5, 0.6) is 0 Å². The maximum atomic E-state index is 11.7. The number of aromatic nitrogens is 3. The third kappa shape index (κ3) is 4.51. The lowest BCUT2D eigenvalue weighted by atomic mass is 10.2. The Morgan fingerprint density at radius 1 is 1.42 bits per heavy atom. The summed E-state index contributed by atoms with van der Waals surface area (Å²) >= 11 is 0. The van der Waals surface area contributed by atoms with Gasteiger partial charge in [-0.05, 0) is 24.6 Å². The number of anilines is 1. The molecular formula is C13H17N5O. The van der Waals surface area contributed by atoms with Crippen LogP contribution in [0.15, 0.2) is 36.7 Å². The Morgan fingerprint density at radius 2 is 2.32 bits per heavy atom. The molecule has 1 aromatic heterocycles. The summed E-state index contributed by atoms with van der Waals surface area (Å²) in [4.78, 5) is 11.7. The summed E-state index contributed by atoms with van der Waals surface area (Å²) in [5.41, 5.74) is 1.94. The largest absolute Gasteiger partial charge is 0.325 e. The fraction of sp³-hybridized carbons (Fsp3) is 0.308. The molecule has 6 nitrogen and oxygen atoms in total. The summed E-state index contributed by atoms with van der Waals surface area (Å²) in [6.07, 6.45) is 3.42. The number of hydrogen-bond donors (Lipinski definition) is 2. The Balaban J connectivity index is 1.67. The van der Waals surface area contributed by atoms with E-state index in [1.165, 1.54) is 0 Å². The fourth-order valence-corrected chi connectivity index (χ4v) is 1.68. The average molecular weight is 259 g/mol. The van der Waals surface area contributed by atoms with Gasteiger partial charge in [-0.25, -0.2) is 0 Å². The second-order valence-electron chi connectivity index (χ2n) is 4.26. The van der Waals surface area contributed by atoms with Crippen molar-refractivity contribution in [1.29, 1.82) is 0 Å². The number of amides is 1. The number of nitrogens with zero attached hydrogens (tertiary/aromatic N) is 3. The summed E-state index contributed by atoms with van der Waals surface area (Å²) in [5, 5.41) is 13.4. The second-order valence-corrected chi connectivity index (χ2v) is 4.26. The molecule has 0 fully saturated rings. The SMILES string of the molecule is Cc1cccc(NC(=O)CNCCn2ccnn2)c1. The zero-order valence-electron chi connectivity index (χ0n) is 10.8. The highest BCUT2D eigenvalue weighted by molar-refractivity contribution is 5.92. The van der Waals surface area contributed by atoms with Gasteiger partial charge in [-0.2, -0.15) is 0 Å². The van der Waals surface area contributed by atoms with Gasteiger partial charge in [0.1, 0.15) is 0 Å². The first-order valence-corrected chi connectivity index (χ1v) is 6.15. The second kappa shape index (κ2) is 6.65. The van der Waals surface area contributed by atoms with E-state index in [0.29, 0.717) is 13.1 Å². The minimum atomic E-state index is -0.0517. The zero-order valence-corrected chi connectivity index (χ0v) is 10.8. The molecule has 0 unspecified atom stereocenters. The lowest BCUT2D eigenvalue weighted by molar-refractivity contribution is -0.115. The third-order valence-electron chi connectivity index (χ3n) is 2.58. The first kappa shape index (κ1) is 13.2. The van der Waals surface area contributed by atoms with Crippen molar-refractivity contribution in [3.63, 3.8) is 0 Å². The number of carbonyl (C=O) groups excluding carboxylic acids is 1. The van der Waals surface area contributed by atoms with Crippen molar-refractivity contribution < 1.29 is 4.79 Å². The molecule has 0 spiro atoms. The Kier molecular flexibility index (Phi) is 4.63. The molecule has 0 atom stereocenters. The number of rotatable bonds is 6. The molecule has 0 radical (unpaired) electrons. The average Bonchev–Trinajstić information content (AvgIpc) is 2.88. The Labute approximate surface area is 111 Å². The van der Waals surface area contributed by atoms with Gasteiger partial charge in [-0.15, -0.1) is 5.10 Å². The number of aryl methyl sites for hydroxylation is 1. The van der Waals surface area contributed by atoms with Crippen LogP contribution in [0.4, 0.5) is 5.69 Å². The van der Waals surface area contributed by atoms with Crippen LogP contribution in [0.3, 0.4) is 0 Å². The summed E-state index contributed by atoms with van der Waals surface area (Å²) in [6, 6.07) is 7.72. The molecule has 19 heavy (non-hydrogen) atoms. The molecule has 0 aliphatic rings. The van der Waals surface area contributed by atoms with Crippen molar-refractivity contribution in [1.82, 2.24) is 20.3 Å². The predicted molar refractivity (Wildman–Crippen MR) is 72.7 cm³/mol. The molecule has 0 aliphatic carbocycles. The van der Waals surface area contributed by atoms with E-state index in [2.05, 4.69) is 20.9 Å². The maximum absolute atomic E-state index is 11.7. The van der Waals surface area contributed by atoms with Crippen molar-refractivity contribution in [2.75, 3.05) is 18.4 Å². The number of benzene rings is 1. The highest BCUT2D eigenvalue weighted by atomic mass is 16.1. The van der Waals surface area contributed by atoms with Gasteiger partial charge < -0.3 is 10.6 Å². The summed E-state index contributed by atoms with van der Waals surface area (Å²) < 4.78 is 1.71. The van der Waals surface area contributed by atoms with E-state index in [0.717, 1.165) is 11.3 Å². The molecule has 1 aromatic carbocycles. The quantitative estimate of drug-likeness (QED) is 0.753. The van der Waals surface area contributed by atoms with E-state index < -0.39 is 0 Å². The monoisotopic (exact) mass is 259 g/mol. The van der Waals surface area contributed by atoms with Gasteiger partial charge in [0.25, 0.3) is 0 Å². The van der Waals surface area contributed by atoms with E-state index in [1.807, 2.05) is 31.2 Å². The summed E-state index contributed by atoms with van der Waals surface area (Å²) in [6.45, 7) is 3.64. The van der Waals surface area contributed by atoms with E-state index in [4.69, 9.17) is 0 Å². The van der Waals surface area contributed by atoms with E-state index in [1.54, 1.807) is 17.1 Å². The Morgan fingerprint density at radius 3 is 3.05 bits per heavy atom. The molecule has 0 aliphatic heterocycles. The molecule has 1 heterocycles. The van der Waals surface area contributed by atoms with Gasteiger partial charge in [-0.3, -0.25) is 9.48 Å². The van der Waals surface area contributed by atoms with Crippen LogP contribution in [0.25, 0.3) is 0 Å². The van der Waals surface area contributed by atoms with Gasteiger partial charge in [0.2, 0.25) is 5.91 Å². The number of hydrogen-bond acceptors (Lipinski definition) is 4. The fourth-order valence-electron chi connectivity index (χ4n) is 1.68. The number of carbonyl (C=O) groups is 1. The lowest BCUT2D eigenvalue weighted by Crippen LogP contribution is -2.30. The Hall–Kier alpha value is -2.21. The number of nitrogens with one attached hydrogen (secondary N) is 2. The van der Waals surface area contributed by atoms with Crippen LogP contribution in [-0.4, -0.2) is 34.0 Å². The van der Waals surface area contributed by atoms with Crippen LogP contribution in [0.2, 0.25) is 0 Å². The molecule has 0 saturated carbocycles. The molecule has 0 bridgehead atoms. The highest BCUT2D eigenvalue weighted by Gasteiger charge is 2.01. The topological polar surface area (TPSA) is 71.8 Å². The summed E-state index contributed by atoms with van der Waals surface area (Å²) in [5.74, 6) is -0.0517. The van der Waals surface area contributed by atoms with Gasteiger partial charge >= 0.3 is 0 Å². The normalized spacial score (nSPS) is 10.4. The van der Waals surface area contributed by atoms with E-state index in [9.17, 15) is 4.79 Å². The van der Waals surface area contributed by atoms with Gasteiger partial charge in [0, 0.05) is 18.4 Å². The molecular weight excluding hydrogens is 242 g/mol. The first-order valence-electron chi connectivity index (χ1n) is 6.15. The summed E-state index contributed by atoms with van der Waals surface area (Å²) in [7, 11) is 0. The lowest BCUT2D eigenvalue weighted by Gasteiger charge is -2.07. The highest BCUT2D eigenvalue weighted by Crippen LogP contribution is 2.08.